The third kappa shape index (κ3) is 3.17. The lowest BCUT2D eigenvalue weighted by Crippen LogP contribution is -2.31. The molecule has 2 heterocycles. The number of rotatable bonds is 6. The number of thiophene rings is 1. The Morgan fingerprint density at radius 2 is 2.25 bits per heavy atom. The minimum absolute atomic E-state index is 0.290. The highest BCUT2D eigenvalue weighted by molar-refractivity contribution is 7.17. The molecule has 2 aromatic rings. The summed E-state index contributed by atoms with van der Waals surface area (Å²) < 4.78 is 12.6. The van der Waals surface area contributed by atoms with Crippen LogP contribution in [0.1, 0.15) is 10.5 Å². The maximum Gasteiger partial charge on any atom is 0.355 e. The molecule has 1 N–H and O–H groups in total. The van der Waals surface area contributed by atoms with Gasteiger partial charge in [0.15, 0.2) is 6.61 Å². The van der Waals surface area contributed by atoms with Gasteiger partial charge < -0.3 is 19.4 Å². The monoisotopic (exact) mass is 296 g/mol. The van der Waals surface area contributed by atoms with Gasteiger partial charge in [-0.05, 0) is 17.5 Å². The summed E-state index contributed by atoms with van der Waals surface area (Å²) in [6.07, 6.45) is 0. The molecule has 0 unspecified atom stereocenters. The molecule has 108 valence electrons. The first-order chi connectivity index (χ1) is 9.63. The molecule has 0 saturated heterocycles. The summed E-state index contributed by atoms with van der Waals surface area (Å²) >= 11 is 1.56. The van der Waals surface area contributed by atoms with Gasteiger partial charge in [-0.1, -0.05) is 0 Å². The minimum atomic E-state index is -0.502. The first-order valence-corrected chi connectivity index (χ1v) is 6.97. The van der Waals surface area contributed by atoms with Crippen molar-refractivity contribution in [2.75, 3.05) is 26.9 Å². The van der Waals surface area contributed by atoms with Crippen LogP contribution in [0.25, 0.3) is 10.2 Å². The SMILES string of the molecule is COCCNC(=O)COC(=O)c1cc2sccc2n1C. The lowest BCUT2D eigenvalue weighted by molar-refractivity contribution is -0.124. The number of fused-ring (bicyclic) bond motifs is 1. The number of carbonyl (C=O) groups is 2. The molecule has 0 saturated carbocycles. The number of hydrogen-bond donors (Lipinski definition) is 1. The summed E-state index contributed by atoms with van der Waals surface area (Å²) in [5.74, 6) is -0.843. The van der Waals surface area contributed by atoms with Crippen LogP contribution in [0.2, 0.25) is 0 Å². The lowest BCUT2D eigenvalue weighted by atomic mass is 10.4. The zero-order valence-electron chi connectivity index (χ0n) is 11.3. The number of ether oxygens (including phenoxy) is 2. The first-order valence-electron chi connectivity index (χ1n) is 6.09. The van der Waals surface area contributed by atoms with Gasteiger partial charge in [0.05, 0.1) is 16.8 Å². The Hall–Kier alpha value is -1.86. The Bertz CT molecular complexity index is 617. The van der Waals surface area contributed by atoms with Gasteiger partial charge in [0.2, 0.25) is 0 Å². The van der Waals surface area contributed by atoms with Crippen LogP contribution in [0.4, 0.5) is 0 Å². The highest BCUT2D eigenvalue weighted by atomic mass is 32.1. The second-order valence-corrected chi connectivity index (χ2v) is 5.13. The van der Waals surface area contributed by atoms with E-state index < -0.39 is 5.97 Å². The van der Waals surface area contributed by atoms with Gasteiger partial charge in [-0.3, -0.25) is 4.79 Å². The number of carbonyl (C=O) groups excluding carboxylic acids is 2. The van der Waals surface area contributed by atoms with E-state index in [4.69, 9.17) is 9.47 Å². The molecule has 2 rings (SSSR count). The van der Waals surface area contributed by atoms with E-state index in [1.165, 1.54) is 0 Å². The normalized spacial score (nSPS) is 10.7. The molecule has 0 aliphatic rings. The molecule has 0 atom stereocenters. The third-order valence-electron chi connectivity index (χ3n) is 2.84. The Morgan fingerprint density at radius 1 is 1.45 bits per heavy atom. The van der Waals surface area contributed by atoms with E-state index in [0.29, 0.717) is 18.8 Å². The standard InChI is InChI=1S/C13H16N2O4S/c1-15-9-3-6-20-11(9)7-10(15)13(17)19-8-12(16)14-4-5-18-2/h3,6-7H,4-5,8H2,1-2H3,(H,14,16). The maximum absolute atomic E-state index is 11.9. The van der Waals surface area contributed by atoms with Crippen LogP contribution < -0.4 is 5.32 Å². The number of aromatic nitrogens is 1. The molecule has 1 amide bonds. The topological polar surface area (TPSA) is 69.6 Å². The molecule has 0 aliphatic heterocycles. The van der Waals surface area contributed by atoms with E-state index in [9.17, 15) is 9.59 Å². The van der Waals surface area contributed by atoms with Crippen molar-refractivity contribution in [3.8, 4) is 0 Å². The molecule has 7 heteroatoms. The number of amides is 1. The summed E-state index contributed by atoms with van der Waals surface area (Å²) in [6.45, 7) is 0.530. The average molecular weight is 296 g/mol. The van der Waals surface area contributed by atoms with Gasteiger partial charge in [0.1, 0.15) is 5.69 Å². The number of hydrogen-bond acceptors (Lipinski definition) is 5. The van der Waals surface area contributed by atoms with Crippen LogP contribution in [0, 0.1) is 0 Å². The van der Waals surface area contributed by atoms with Crippen LogP contribution in [0.15, 0.2) is 17.5 Å². The zero-order valence-corrected chi connectivity index (χ0v) is 12.2. The summed E-state index contributed by atoms with van der Waals surface area (Å²) in [5.41, 5.74) is 1.42. The van der Waals surface area contributed by atoms with Crippen molar-refractivity contribution in [1.29, 1.82) is 0 Å². The van der Waals surface area contributed by atoms with Crippen molar-refractivity contribution in [1.82, 2.24) is 9.88 Å². The number of nitrogens with one attached hydrogen (secondary N) is 1. The van der Waals surface area contributed by atoms with Crippen molar-refractivity contribution in [3.05, 3.63) is 23.2 Å². The van der Waals surface area contributed by atoms with Crippen molar-refractivity contribution in [3.63, 3.8) is 0 Å². The number of methoxy groups -OCH3 is 1. The quantitative estimate of drug-likeness (QED) is 0.641. The largest absolute Gasteiger partial charge is 0.451 e. The Morgan fingerprint density at radius 3 is 2.95 bits per heavy atom. The highest BCUT2D eigenvalue weighted by Gasteiger charge is 2.16. The summed E-state index contributed by atoms with van der Waals surface area (Å²) in [4.78, 5) is 23.3. The lowest BCUT2D eigenvalue weighted by Gasteiger charge is -2.06. The molecule has 0 spiro atoms. The fourth-order valence-corrected chi connectivity index (χ4v) is 2.64. The molecular formula is C13H16N2O4S. The second-order valence-electron chi connectivity index (χ2n) is 4.18. The van der Waals surface area contributed by atoms with E-state index in [2.05, 4.69) is 5.32 Å². The summed E-state index contributed by atoms with van der Waals surface area (Å²) in [7, 11) is 3.34. The van der Waals surface area contributed by atoms with Gasteiger partial charge in [-0.15, -0.1) is 11.3 Å². The maximum atomic E-state index is 11.9. The number of nitrogens with zero attached hydrogens (tertiary/aromatic N) is 1. The van der Waals surface area contributed by atoms with E-state index in [0.717, 1.165) is 10.2 Å². The molecule has 0 aliphatic carbocycles. The summed E-state index contributed by atoms with van der Waals surface area (Å²) in [6, 6.07) is 3.71. The van der Waals surface area contributed by atoms with Crippen LogP contribution in [0.5, 0.6) is 0 Å². The van der Waals surface area contributed by atoms with E-state index in [-0.39, 0.29) is 12.5 Å². The molecule has 0 bridgehead atoms. The predicted octanol–water partition coefficient (Wildman–Crippen LogP) is 1.16. The van der Waals surface area contributed by atoms with Gasteiger partial charge >= 0.3 is 5.97 Å². The van der Waals surface area contributed by atoms with E-state index >= 15 is 0 Å². The van der Waals surface area contributed by atoms with Crippen LogP contribution in [-0.4, -0.2) is 43.3 Å². The fourth-order valence-electron chi connectivity index (χ4n) is 1.79. The smallest absolute Gasteiger partial charge is 0.355 e. The van der Waals surface area contributed by atoms with Crippen molar-refractivity contribution >= 4 is 33.4 Å². The number of esters is 1. The third-order valence-corrected chi connectivity index (χ3v) is 3.69. The molecular weight excluding hydrogens is 280 g/mol. The molecule has 2 aromatic heterocycles. The Labute approximate surface area is 120 Å². The van der Waals surface area contributed by atoms with Crippen molar-refractivity contribution < 1.29 is 19.1 Å². The van der Waals surface area contributed by atoms with Crippen molar-refractivity contribution in [2.45, 2.75) is 0 Å². The summed E-state index contributed by atoms with van der Waals surface area (Å²) in [5, 5.41) is 4.54. The fraction of sp³-hybridized carbons (Fsp3) is 0.385. The van der Waals surface area contributed by atoms with E-state index in [1.54, 1.807) is 36.1 Å². The Balaban J connectivity index is 1.90. The predicted molar refractivity (Wildman–Crippen MR) is 76.0 cm³/mol. The van der Waals surface area contributed by atoms with Crippen LogP contribution in [-0.2, 0) is 21.3 Å². The highest BCUT2D eigenvalue weighted by Crippen LogP contribution is 2.24. The molecule has 0 fully saturated rings. The van der Waals surface area contributed by atoms with E-state index in [1.807, 2.05) is 11.4 Å². The average Bonchev–Trinajstić information content (AvgIpc) is 3.00. The van der Waals surface area contributed by atoms with Crippen LogP contribution in [0.3, 0.4) is 0 Å². The van der Waals surface area contributed by atoms with Gasteiger partial charge in [-0.2, -0.15) is 0 Å². The van der Waals surface area contributed by atoms with Crippen molar-refractivity contribution in [2.24, 2.45) is 7.05 Å². The number of aryl methyl sites for hydroxylation is 1. The van der Waals surface area contributed by atoms with Gasteiger partial charge in [-0.25, -0.2) is 4.79 Å². The molecule has 6 nitrogen and oxygen atoms in total. The van der Waals surface area contributed by atoms with Gasteiger partial charge in [0.25, 0.3) is 5.91 Å². The zero-order chi connectivity index (χ0) is 14.5. The van der Waals surface area contributed by atoms with Gasteiger partial charge in [0, 0.05) is 20.7 Å². The van der Waals surface area contributed by atoms with Crippen LogP contribution >= 0.6 is 11.3 Å². The molecule has 0 aromatic carbocycles. The first kappa shape index (κ1) is 14.5. The minimum Gasteiger partial charge on any atom is -0.451 e. The molecule has 20 heavy (non-hydrogen) atoms. The molecule has 0 radical (unpaired) electrons. The second kappa shape index (κ2) is 6.53. The Kier molecular flexibility index (Phi) is 4.75.